The van der Waals surface area contributed by atoms with E-state index < -0.39 is 19.9 Å². The van der Waals surface area contributed by atoms with E-state index in [1.54, 1.807) is 12.1 Å². The number of hydrogen-bond acceptors (Lipinski definition) is 5. The van der Waals surface area contributed by atoms with Crippen LogP contribution in [-0.4, -0.2) is 34.9 Å². The summed E-state index contributed by atoms with van der Waals surface area (Å²) in [6.07, 6.45) is 0.489. The number of sulfonamides is 1. The molecule has 1 saturated heterocycles. The molecule has 1 unspecified atom stereocenters. The summed E-state index contributed by atoms with van der Waals surface area (Å²) in [5.41, 5.74) is 5.93. The highest BCUT2D eigenvalue weighted by Crippen LogP contribution is 2.25. The third kappa shape index (κ3) is 3.72. The van der Waals surface area contributed by atoms with Gasteiger partial charge in [0.05, 0.1) is 16.4 Å². The monoisotopic (exact) mass is 382 g/mol. The number of benzene rings is 1. The average Bonchev–Trinajstić information content (AvgIpc) is 2.70. The molecule has 20 heavy (non-hydrogen) atoms. The molecule has 9 heteroatoms. The zero-order chi connectivity index (χ0) is 15.0. The molecule has 2 rings (SSSR count). The van der Waals surface area contributed by atoms with Crippen LogP contribution < -0.4 is 10.5 Å². The highest BCUT2D eigenvalue weighted by molar-refractivity contribution is 9.10. The van der Waals surface area contributed by atoms with Crippen LogP contribution in [0.5, 0.6) is 0 Å². The number of nitrogens with two attached hydrogens (primary N) is 1. The van der Waals surface area contributed by atoms with E-state index in [2.05, 4.69) is 20.7 Å². The Bertz CT molecular complexity index is 716. The lowest BCUT2D eigenvalue weighted by Crippen LogP contribution is -2.30. The van der Waals surface area contributed by atoms with Gasteiger partial charge in [0.1, 0.15) is 0 Å². The Balaban J connectivity index is 2.10. The summed E-state index contributed by atoms with van der Waals surface area (Å²) in [5, 5.41) is 0. The minimum atomic E-state index is -3.71. The molecule has 1 heterocycles. The third-order valence-corrected chi connectivity index (χ3v) is 7.39. The molecular formula is C11H15BrN2O4S2. The van der Waals surface area contributed by atoms with E-state index >= 15 is 0 Å². The molecular weight excluding hydrogens is 368 g/mol. The van der Waals surface area contributed by atoms with Crippen LogP contribution in [0.3, 0.4) is 0 Å². The number of rotatable bonds is 4. The summed E-state index contributed by atoms with van der Waals surface area (Å²) < 4.78 is 49.9. The fourth-order valence-electron chi connectivity index (χ4n) is 2.06. The Morgan fingerprint density at radius 3 is 2.70 bits per heavy atom. The minimum Gasteiger partial charge on any atom is -0.399 e. The van der Waals surface area contributed by atoms with E-state index in [1.807, 2.05) is 0 Å². The van der Waals surface area contributed by atoms with Gasteiger partial charge in [-0.2, -0.15) is 0 Å². The second-order valence-corrected chi connectivity index (χ2v) is 9.63. The number of halogens is 1. The second-order valence-electron chi connectivity index (χ2n) is 4.81. The van der Waals surface area contributed by atoms with Crippen LogP contribution in [-0.2, 0) is 19.9 Å². The lowest BCUT2D eigenvalue weighted by molar-refractivity contribution is 0.543. The highest BCUT2D eigenvalue weighted by atomic mass is 79.9. The van der Waals surface area contributed by atoms with Gasteiger partial charge in [0.2, 0.25) is 10.0 Å². The first kappa shape index (κ1) is 15.7. The molecule has 0 radical (unpaired) electrons. The quantitative estimate of drug-likeness (QED) is 0.747. The van der Waals surface area contributed by atoms with Crippen molar-refractivity contribution in [1.82, 2.24) is 4.72 Å². The molecule has 1 aliphatic heterocycles. The van der Waals surface area contributed by atoms with Crippen LogP contribution in [0.25, 0.3) is 0 Å². The molecule has 0 bridgehead atoms. The summed E-state index contributed by atoms with van der Waals surface area (Å²) >= 11 is 3.17. The molecule has 3 N–H and O–H groups in total. The molecule has 0 amide bonds. The van der Waals surface area contributed by atoms with Crippen LogP contribution in [0.15, 0.2) is 27.6 Å². The summed E-state index contributed by atoms with van der Waals surface area (Å²) in [6.45, 7) is 0.114. The molecule has 112 valence electrons. The Hall–Kier alpha value is -0.640. The Kier molecular flexibility index (Phi) is 4.43. The minimum absolute atomic E-state index is 0.0353. The predicted octanol–water partition coefficient (Wildman–Crippen LogP) is 0.744. The van der Waals surface area contributed by atoms with E-state index in [0.29, 0.717) is 16.6 Å². The van der Waals surface area contributed by atoms with Crippen LogP contribution in [0.2, 0.25) is 0 Å². The van der Waals surface area contributed by atoms with E-state index in [0.717, 1.165) is 0 Å². The van der Waals surface area contributed by atoms with Gasteiger partial charge in [-0.05, 0) is 46.5 Å². The normalized spacial score (nSPS) is 21.9. The van der Waals surface area contributed by atoms with Crippen molar-refractivity contribution in [2.24, 2.45) is 5.92 Å². The molecule has 0 saturated carbocycles. The third-order valence-electron chi connectivity index (χ3n) is 3.13. The number of hydrogen-bond donors (Lipinski definition) is 2. The first-order valence-corrected chi connectivity index (χ1v) is 10.0. The Morgan fingerprint density at radius 2 is 2.10 bits per heavy atom. The van der Waals surface area contributed by atoms with Crippen molar-refractivity contribution in [2.75, 3.05) is 23.8 Å². The van der Waals surface area contributed by atoms with Crippen molar-refractivity contribution in [3.8, 4) is 0 Å². The van der Waals surface area contributed by atoms with Crippen molar-refractivity contribution < 1.29 is 16.8 Å². The van der Waals surface area contributed by atoms with Crippen molar-refractivity contribution >= 4 is 41.5 Å². The second kappa shape index (κ2) is 5.63. The molecule has 1 fully saturated rings. The van der Waals surface area contributed by atoms with Crippen LogP contribution in [0.4, 0.5) is 5.69 Å². The topological polar surface area (TPSA) is 106 Å². The lowest BCUT2D eigenvalue weighted by Gasteiger charge is -2.12. The van der Waals surface area contributed by atoms with Gasteiger partial charge in [0.15, 0.2) is 9.84 Å². The fraction of sp³-hybridized carbons (Fsp3) is 0.455. The molecule has 0 aliphatic carbocycles. The van der Waals surface area contributed by atoms with Gasteiger partial charge in [-0.3, -0.25) is 0 Å². The number of nitrogen functional groups attached to an aromatic ring is 1. The molecule has 1 aliphatic rings. The molecule has 6 nitrogen and oxygen atoms in total. The lowest BCUT2D eigenvalue weighted by atomic mass is 10.1. The maximum Gasteiger partial charge on any atom is 0.241 e. The first-order chi connectivity index (χ1) is 9.20. The van der Waals surface area contributed by atoms with Gasteiger partial charge >= 0.3 is 0 Å². The molecule has 0 spiro atoms. The summed E-state index contributed by atoms with van der Waals surface area (Å²) in [7, 11) is -6.72. The van der Waals surface area contributed by atoms with Gasteiger partial charge in [-0.25, -0.2) is 21.6 Å². The summed E-state index contributed by atoms with van der Waals surface area (Å²) in [5.74, 6) is -0.00996. The van der Waals surface area contributed by atoms with Crippen LogP contribution >= 0.6 is 15.9 Å². The maximum atomic E-state index is 12.2. The van der Waals surface area contributed by atoms with Crippen molar-refractivity contribution in [3.63, 3.8) is 0 Å². The van der Waals surface area contributed by atoms with Gasteiger partial charge < -0.3 is 5.73 Å². The average molecular weight is 383 g/mol. The SMILES string of the molecule is Nc1ccc(Br)c(S(=O)(=O)NCC2CCS(=O)(=O)C2)c1. The van der Waals surface area contributed by atoms with Gasteiger partial charge in [-0.15, -0.1) is 0 Å². The van der Waals surface area contributed by atoms with Crippen molar-refractivity contribution in [2.45, 2.75) is 11.3 Å². The van der Waals surface area contributed by atoms with Crippen molar-refractivity contribution in [3.05, 3.63) is 22.7 Å². The van der Waals surface area contributed by atoms with Gasteiger partial charge in [0, 0.05) is 16.7 Å². The van der Waals surface area contributed by atoms with Crippen molar-refractivity contribution in [1.29, 1.82) is 0 Å². The molecule has 0 aromatic heterocycles. The van der Waals surface area contributed by atoms with E-state index in [1.165, 1.54) is 6.07 Å². The van der Waals surface area contributed by atoms with E-state index in [4.69, 9.17) is 5.73 Å². The van der Waals surface area contributed by atoms with Crippen LogP contribution in [0, 0.1) is 5.92 Å². The predicted molar refractivity (Wildman–Crippen MR) is 80.5 cm³/mol. The summed E-state index contributed by atoms with van der Waals surface area (Å²) in [4.78, 5) is 0.0540. The smallest absolute Gasteiger partial charge is 0.241 e. The number of nitrogens with one attached hydrogen (secondary N) is 1. The fourth-order valence-corrected chi connectivity index (χ4v) is 6.04. The van der Waals surface area contributed by atoms with Gasteiger partial charge in [0.25, 0.3) is 0 Å². The molecule has 1 atom stereocenters. The van der Waals surface area contributed by atoms with Gasteiger partial charge in [-0.1, -0.05) is 0 Å². The molecule has 1 aromatic rings. The highest BCUT2D eigenvalue weighted by Gasteiger charge is 2.29. The molecule has 1 aromatic carbocycles. The van der Waals surface area contributed by atoms with E-state index in [-0.39, 0.29) is 28.9 Å². The van der Waals surface area contributed by atoms with Crippen LogP contribution in [0.1, 0.15) is 6.42 Å². The Morgan fingerprint density at radius 1 is 1.40 bits per heavy atom. The standard InChI is InChI=1S/C11H15BrN2O4S2/c12-10-2-1-9(13)5-11(10)20(17,18)14-6-8-3-4-19(15,16)7-8/h1-2,5,8,14H,3-4,6-7,13H2. The number of sulfone groups is 1. The van der Waals surface area contributed by atoms with E-state index in [9.17, 15) is 16.8 Å². The zero-order valence-electron chi connectivity index (χ0n) is 10.5. The summed E-state index contributed by atoms with van der Waals surface area (Å²) in [6, 6.07) is 4.51. The first-order valence-electron chi connectivity index (χ1n) is 5.95. The maximum absolute atomic E-state index is 12.2. The Labute approximate surface area is 126 Å². The largest absolute Gasteiger partial charge is 0.399 e. The zero-order valence-corrected chi connectivity index (χ0v) is 13.8. The number of anilines is 1.